The van der Waals surface area contributed by atoms with E-state index in [1.54, 1.807) is 0 Å². The average Bonchev–Trinajstić information content (AvgIpc) is 3.53. The van der Waals surface area contributed by atoms with Crippen molar-refractivity contribution in [1.82, 2.24) is 4.57 Å². The lowest BCUT2D eigenvalue weighted by Gasteiger charge is -2.34. The van der Waals surface area contributed by atoms with Gasteiger partial charge in [0.05, 0.1) is 16.7 Å². The molecule has 0 aliphatic carbocycles. The van der Waals surface area contributed by atoms with Crippen LogP contribution in [0.4, 0.5) is 11.4 Å². The number of hydrogen-bond acceptors (Lipinski definition) is 2. The van der Waals surface area contributed by atoms with Crippen LogP contribution in [0.3, 0.4) is 0 Å². The third-order valence-electron chi connectivity index (χ3n) is 10.9. The Balaban J connectivity index is 1.05. The van der Waals surface area contributed by atoms with Crippen molar-refractivity contribution in [2.45, 2.75) is 13.2 Å². The van der Waals surface area contributed by atoms with Crippen LogP contribution in [-0.2, 0) is 13.2 Å². The van der Waals surface area contributed by atoms with Crippen LogP contribution in [0.1, 0.15) is 11.1 Å². The van der Waals surface area contributed by atoms with Gasteiger partial charge in [-0.25, -0.2) is 0 Å². The molecule has 9 aromatic rings. The van der Waals surface area contributed by atoms with Crippen LogP contribution in [0, 0.1) is 0 Å². The number of benzene rings is 8. The molecule has 51 heavy (non-hydrogen) atoms. The maximum absolute atomic E-state index is 6.29. The number of para-hydroxylation sites is 2. The van der Waals surface area contributed by atoms with Gasteiger partial charge in [-0.1, -0.05) is 121 Å². The first-order chi connectivity index (χ1) is 25.3. The molecule has 3 heteroatoms. The fourth-order valence-corrected chi connectivity index (χ4v) is 8.55. The van der Waals surface area contributed by atoms with E-state index in [0.29, 0.717) is 6.61 Å². The summed E-state index contributed by atoms with van der Waals surface area (Å²) < 4.78 is 8.71. The average molecular weight is 653 g/mol. The van der Waals surface area contributed by atoms with E-state index in [0.717, 1.165) is 23.5 Å². The van der Waals surface area contributed by atoms with Crippen molar-refractivity contribution in [3.8, 4) is 44.8 Å². The number of aromatic nitrogens is 1. The standard InChI is InChI=1S/C48H32N2O/c1-3-14-36-31(11-1)13-9-20-42(36)49-29-34-24-23-32(27-40(34)38-16-5-7-18-43(38)49)33-25-26-45-41(28-33)39-17-6-8-19-44(39)50(45)46-21-10-22-47-48(46)37-15-4-2-12-35(37)30-51-47/h1-28H,29-30H2. The van der Waals surface area contributed by atoms with E-state index >= 15 is 0 Å². The largest absolute Gasteiger partial charge is 0.488 e. The number of hydrogen-bond donors (Lipinski definition) is 0. The summed E-state index contributed by atoms with van der Waals surface area (Å²) in [6.07, 6.45) is 0. The Morgan fingerprint density at radius 2 is 1.12 bits per heavy atom. The third kappa shape index (κ3) is 4.25. The molecule has 0 bridgehead atoms. The normalized spacial score (nSPS) is 13.1. The van der Waals surface area contributed by atoms with Crippen LogP contribution in [0.2, 0.25) is 0 Å². The first kappa shape index (κ1) is 28.3. The molecule has 11 rings (SSSR count). The molecule has 3 nitrogen and oxygen atoms in total. The number of ether oxygens (including phenoxy) is 1. The Labute approximate surface area is 296 Å². The van der Waals surface area contributed by atoms with Crippen molar-refractivity contribution >= 4 is 44.0 Å². The molecule has 240 valence electrons. The summed E-state index contributed by atoms with van der Waals surface area (Å²) in [5.74, 6) is 0.933. The molecule has 0 atom stereocenters. The second-order valence-electron chi connectivity index (χ2n) is 13.7. The van der Waals surface area contributed by atoms with Gasteiger partial charge >= 0.3 is 0 Å². The molecule has 0 unspecified atom stereocenters. The first-order valence-electron chi connectivity index (χ1n) is 17.7. The highest BCUT2D eigenvalue weighted by Gasteiger charge is 2.26. The number of rotatable bonds is 3. The highest BCUT2D eigenvalue weighted by atomic mass is 16.5. The fraction of sp³-hybridized carbons (Fsp3) is 0.0417. The Bertz CT molecular complexity index is 2860. The minimum absolute atomic E-state index is 0.593. The molecule has 0 fully saturated rings. The zero-order valence-electron chi connectivity index (χ0n) is 27.9. The van der Waals surface area contributed by atoms with Gasteiger partial charge < -0.3 is 14.2 Å². The van der Waals surface area contributed by atoms with Crippen molar-refractivity contribution in [1.29, 1.82) is 0 Å². The van der Waals surface area contributed by atoms with Crippen molar-refractivity contribution in [3.05, 3.63) is 181 Å². The highest BCUT2D eigenvalue weighted by Crippen LogP contribution is 2.47. The van der Waals surface area contributed by atoms with E-state index in [-0.39, 0.29) is 0 Å². The van der Waals surface area contributed by atoms with E-state index in [1.807, 2.05) is 0 Å². The Kier molecular flexibility index (Phi) is 6.08. The minimum atomic E-state index is 0.593. The molecule has 0 N–H and O–H groups in total. The van der Waals surface area contributed by atoms with Crippen LogP contribution in [-0.4, -0.2) is 4.57 Å². The van der Waals surface area contributed by atoms with Crippen molar-refractivity contribution in [3.63, 3.8) is 0 Å². The lowest BCUT2D eigenvalue weighted by Crippen LogP contribution is -2.21. The van der Waals surface area contributed by atoms with Gasteiger partial charge in [0.2, 0.25) is 0 Å². The monoisotopic (exact) mass is 652 g/mol. The van der Waals surface area contributed by atoms with E-state index in [4.69, 9.17) is 4.74 Å². The Morgan fingerprint density at radius 3 is 2.08 bits per heavy atom. The van der Waals surface area contributed by atoms with Crippen LogP contribution >= 0.6 is 0 Å². The van der Waals surface area contributed by atoms with Crippen LogP contribution in [0.15, 0.2) is 170 Å². The molecule has 2 aliphatic heterocycles. The van der Waals surface area contributed by atoms with Crippen molar-refractivity contribution in [2.75, 3.05) is 4.90 Å². The predicted octanol–water partition coefficient (Wildman–Crippen LogP) is 12.5. The molecule has 0 radical (unpaired) electrons. The van der Waals surface area contributed by atoms with Gasteiger partial charge in [-0.15, -0.1) is 0 Å². The lowest BCUT2D eigenvalue weighted by atomic mass is 9.89. The molecule has 2 aliphatic rings. The predicted molar refractivity (Wildman–Crippen MR) is 211 cm³/mol. The molecular weight excluding hydrogens is 621 g/mol. The summed E-state index contributed by atoms with van der Waals surface area (Å²) in [6.45, 7) is 1.41. The Morgan fingerprint density at radius 1 is 0.431 bits per heavy atom. The smallest absolute Gasteiger partial charge is 0.129 e. The second-order valence-corrected chi connectivity index (χ2v) is 13.7. The van der Waals surface area contributed by atoms with E-state index in [1.165, 1.54) is 82.9 Å². The van der Waals surface area contributed by atoms with Gasteiger partial charge in [0.1, 0.15) is 12.4 Å². The third-order valence-corrected chi connectivity index (χ3v) is 10.9. The second kappa shape index (κ2) is 11.0. The van der Waals surface area contributed by atoms with Crippen molar-refractivity contribution in [2.24, 2.45) is 0 Å². The summed E-state index contributed by atoms with van der Waals surface area (Å²) in [5, 5.41) is 5.02. The summed E-state index contributed by atoms with van der Waals surface area (Å²) in [6, 6.07) is 62.0. The molecule has 3 heterocycles. The van der Waals surface area contributed by atoms with Gasteiger partial charge in [0.25, 0.3) is 0 Å². The van der Waals surface area contributed by atoms with E-state index < -0.39 is 0 Å². The summed E-state index contributed by atoms with van der Waals surface area (Å²) in [5.41, 5.74) is 15.9. The summed E-state index contributed by atoms with van der Waals surface area (Å²) in [7, 11) is 0. The van der Waals surface area contributed by atoms with Crippen LogP contribution in [0.5, 0.6) is 5.75 Å². The van der Waals surface area contributed by atoms with Gasteiger partial charge in [-0.3, -0.25) is 0 Å². The van der Waals surface area contributed by atoms with Gasteiger partial charge in [0.15, 0.2) is 0 Å². The SMILES string of the molecule is c1ccc2c(c1)COc1cccc(-n3c4ccccc4c4cc(-c5ccc6c(c5)-c5ccccc5N(c5cccc7ccccc57)C6)ccc43)c1-2. The first-order valence-corrected chi connectivity index (χ1v) is 17.7. The van der Waals surface area contributed by atoms with Crippen LogP contribution in [0.25, 0.3) is 71.6 Å². The molecule has 0 saturated heterocycles. The van der Waals surface area contributed by atoms with Gasteiger partial charge in [-0.05, 0) is 87.3 Å². The zero-order valence-corrected chi connectivity index (χ0v) is 27.9. The quantitative estimate of drug-likeness (QED) is 0.189. The van der Waals surface area contributed by atoms with Gasteiger partial charge in [-0.2, -0.15) is 0 Å². The summed E-state index contributed by atoms with van der Waals surface area (Å²) in [4.78, 5) is 2.48. The Hall–Kier alpha value is -6.58. The molecule has 0 saturated carbocycles. The maximum atomic E-state index is 6.29. The zero-order chi connectivity index (χ0) is 33.5. The molecular formula is C48H32N2O. The molecule has 0 amide bonds. The fourth-order valence-electron chi connectivity index (χ4n) is 8.55. The van der Waals surface area contributed by atoms with Crippen molar-refractivity contribution < 1.29 is 4.74 Å². The highest BCUT2D eigenvalue weighted by molar-refractivity contribution is 6.11. The number of fused-ring (bicyclic) bond motifs is 10. The molecule has 8 aromatic carbocycles. The van der Waals surface area contributed by atoms with E-state index in [2.05, 4.69) is 179 Å². The number of anilines is 2. The lowest BCUT2D eigenvalue weighted by molar-refractivity contribution is 0.302. The summed E-state index contributed by atoms with van der Waals surface area (Å²) >= 11 is 0. The molecule has 1 aromatic heterocycles. The topological polar surface area (TPSA) is 17.4 Å². The van der Waals surface area contributed by atoms with Gasteiger partial charge in [0, 0.05) is 45.2 Å². The van der Waals surface area contributed by atoms with E-state index in [9.17, 15) is 0 Å². The minimum Gasteiger partial charge on any atom is -0.488 e. The van der Waals surface area contributed by atoms with Crippen LogP contribution < -0.4 is 9.64 Å². The number of nitrogens with zero attached hydrogens (tertiary/aromatic N) is 2. The maximum Gasteiger partial charge on any atom is 0.129 e. The molecule has 0 spiro atoms.